The second-order valence-corrected chi connectivity index (χ2v) is 10.8. The molecule has 0 amide bonds. The first kappa shape index (κ1) is 20.8. The zero-order valence-corrected chi connectivity index (χ0v) is 18.8. The Bertz CT molecular complexity index is 962. The summed E-state index contributed by atoms with van der Waals surface area (Å²) in [7, 11) is 0. The van der Waals surface area contributed by atoms with E-state index in [0.29, 0.717) is 18.3 Å². The molecular formula is C27H33NO3. The molecule has 3 saturated carbocycles. The number of aliphatic hydroxyl groups excluding tert-OH is 1. The van der Waals surface area contributed by atoms with Crippen LogP contribution in [0.2, 0.25) is 0 Å². The van der Waals surface area contributed by atoms with Crippen LogP contribution >= 0.6 is 0 Å². The number of hydrogen-bond acceptors (Lipinski definition) is 4. The highest BCUT2D eigenvalue weighted by molar-refractivity contribution is 5.87. The normalized spacial score (nSPS) is 42.3. The molecule has 0 heterocycles. The van der Waals surface area contributed by atoms with Crippen molar-refractivity contribution in [3.05, 3.63) is 47.5 Å². The standard InChI is InChI=1S/C27H33NO3/c1-17(2)23-11-20-12-25(15-28)22-10-9-18(3)21(22)13-26(20,16-29)27(23,25)24(30)31-14-19-7-5-4-6-8-19/h4-8,11,17-18,20-22,29H,9-10,12-14,16H2,1-3H3. The minimum Gasteiger partial charge on any atom is -0.460 e. The van der Waals surface area contributed by atoms with Crippen molar-refractivity contribution in [1.82, 2.24) is 0 Å². The quantitative estimate of drug-likeness (QED) is 0.545. The molecule has 7 unspecified atom stereocenters. The van der Waals surface area contributed by atoms with E-state index in [1.54, 1.807) is 0 Å². The molecule has 4 aliphatic carbocycles. The highest BCUT2D eigenvalue weighted by Gasteiger charge is 2.84. The summed E-state index contributed by atoms with van der Waals surface area (Å²) in [6.45, 7) is 6.64. The third kappa shape index (κ3) is 2.31. The first-order chi connectivity index (χ1) is 14.9. The number of esters is 1. The van der Waals surface area contributed by atoms with E-state index in [4.69, 9.17) is 4.74 Å². The third-order valence-corrected chi connectivity index (χ3v) is 9.52. The van der Waals surface area contributed by atoms with E-state index in [0.717, 1.165) is 30.4 Å². The van der Waals surface area contributed by atoms with Crippen molar-refractivity contribution in [2.24, 2.45) is 45.8 Å². The topological polar surface area (TPSA) is 70.3 Å². The van der Waals surface area contributed by atoms with E-state index < -0.39 is 16.2 Å². The van der Waals surface area contributed by atoms with Gasteiger partial charge in [-0.05, 0) is 54.4 Å². The van der Waals surface area contributed by atoms with Gasteiger partial charge in [-0.3, -0.25) is 4.79 Å². The fraction of sp³-hybridized carbons (Fsp3) is 0.630. The Hall–Kier alpha value is -2.12. The van der Waals surface area contributed by atoms with Crippen molar-refractivity contribution in [3.8, 4) is 6.07 Å². The first-order valence-electron chi connectivity index (χ1n) is 11.8. The van der Waals surface area contributed by atoms with E-state index in [9.17, 15) is 15.2 Å². The lowest BCUT2D eigenvalue weighted by Crippen LogP contribution is -2.62. The minimum absolute atomic E-state index is 0.0653. The van der Waals surface area contributed by atoms with Crippen LogP contribution in [0.1, 0.15) is 52.0 Å². The van der Waals surface area contributed by atoms with E-state index in [2.05, 4.69) is 32.9 Å². The summed E-state index contributed by atoms with van der Waals surface area (Å²) in [6, 6.07) is 12.5. The predicted octanol–water partition coefficient (Wildman–Crippen LogP) is 4.89. The molecule has 4 nitrogen and oxygen atoms in total. The lowest BCUT2D eigenvalue weighted by Gasteiger charge is -2.57. The van der Waals surface area contributed by atoms with Crippen LogP contribution in [-0.2, 0) is 16.1 Å². The molecule has 3 fully saturated rings. The SMILES string of the molecule is CC(C)C1=CC2CC3(C#N)C4CCC(C)C4CC2(CO)C13C(=O)OCc1ccccc1. The van der Waals surface area contributed by atoms with Gasteiger partial charge < -0.3 is 9.84 Å². The van der Waals surface area contributed by atoms with Gasteiger partial charge in [0.05, 0.1) is 18.1 Å². The maximum atomic E-state index is 14.2. The summed E-state index contributed by atoms with van der Waals surface area (Å²) < 4.78 is 6.04. The molecular weight excluding hydrogens is 386 g/mol. The number of fused-ring (bicyclic) bond motifs is 2. The number of carbonyl (C=O) groups is 1. The summed E-state index contributed by atoms with van der Waals surface area (Å²) in [5.41, 5.74) is -0.458. The fourth-order valence-electron chi connectivity index (χ4n) is 8.37. The van der Waals surface area contributed by atoms with Gasteiger partial charge in [0.1, 0.15) is 12.0 Å². The van der Waals surface area contributed by atoms with Gasteiger partial charge in [0.2, 0.25) is 0 Å². The molecule has 7 atom stereocenters. The molecule has 0 spiro atoms. The number of aliphatic hydroxyl groups is 1. The van der Waals surface area contributed by atoms with Gasteiger partial charge in [-0.1, -0.05) is 69.2 Å². The molecule has 31 heavy (non-hydrogen) atoms. The highest BCUT2D eigenvalue weighted by Crippen LogP contribution is 2.83. The lowest BCUT2D eigenvalue weighted by atomic mass is 9.43. The Balaban J connectivity index is 1.65. The van der Waals surface area contributed by atoms with E-state index in [1.807, 2.05) is 30.3 Å². The monoisotopic (exact) mass is 419 g/mol. The number of hydrogen-bond donors (Lipinski definition) is 1. The van der Waals surface area contributed by atoms with Crippen LogP contribution < -0.4 is 0 Å². The Morgan fingerprint density at radius 3 is 2.65 bits per heavy atom. The van der Waals surface area contributed by atoms with Gasteiger partial charge in [0.15, 0.2) is 0 Å². The first-order valence-corrected chi connectivity index (χ1v) is 11.8. The predicted molar refractivity (Wildman–Crippen MR) is 117 cm³/mol. The number of rotatable bonds is 5. The molecule has 4 bridgehead atoms. The van der Waals surface area contributed by atoms with Crippen molar-refractivity contribution >= 4 is 5.97 Å². The largest absolute Gasteiger partial charge is 0.460 e. The van der Waals surface area contributed by atoms with Gasteiger partial charge in [-0.2, -0.15) is 5.26 Å². The van der Waals surface area contributed by atoms with E-state index in [-0.39, 0.29) is 36.9 Å². The van der Waals surface area contributed by atoms with E-state index in [1.165, 1.54) is 0 Å². The van der Waals surface area contributed by atoms with Gasteiger partial charge in [0, 0.05) is 5.41 Å². The van der Waals surface area contributed by atoms with Crippen LogP contribution in [0, 0.1) is 57.2 Å². The Kier molecular flexibility index (Phi) is 4.65. The number of nitriles is 1. The summed E-state index contributed by atoms with van der Waals surface area (Å²) in [5.74, 6) is 1.03. The molecule has 0 radical (unpaired) electrons. The van der Waals surface area contributed by atoms with Crippen LogP contribution in [0.25, 0.3) is 0 Å². The molecule has 0 aromatic heterocycles. The number of carbonyl (C=O) groups excluding carboxylic acids is 1. The minimum atomic E-state index is -1.04. The zero-order chi connectivity index (χ0) is 22.0. The average molecular weight is 420 g/mol. The number of nitrogens with zero attached hydrogens (tertiary/aromatic N) is 1. The molecule has 5 rings (SSSR count). The molecule has 4 heteroatoms. The maximum absolute atomic E-state index is 14.2. The van der Waals surface area contributed by atoms with Crippen LogP contribution in [0.4, 0.5) is 0 Å². The summed E-state index contributed by atoms with van der Waals surface area (Å²) in [5, 5.41) is 21.7. The van der Waals surface area contributed by atoms with Gasteiger partial charge in [-0.15, -0.1) is 0 Å². The number of allylic oxidation sites excluding steroid dienone is 1. The maximum Gasteiger partial charge on any atom is 0.318 e. The summed E-state index contributed by atoms with van der Waals surface area (Å²) in [4.78, 5) is 14.2. The van der Waals surface area contributed by atoms with Crippen molar-refractivity contribution in [3.63, 3.8) is 0 Å². The molecule has 1 N–H and O–H groups in total. The van der Waals surface area contributed by atoms with Crippen molar-refractivity contribution in [1.29, 1.82) is 5.26 Å². The van der Waals surface area contributed by atoms with Gasteiger partial charge in [0.25, 0.3) is 0 Å². The van der Waals surface area contributed by atoms with Crippen molar-refractivity contribution < 1.29 is 14.6 Å². The average Bonchev–Trinajstić information content (AvgIpc) is 3.35. The summed E-state index contributed by atoms with van der Waals surface area (Å²) in [6.07, 6.45) is 5.82. The molecule has 4 aliphatic rings. The molecule has 1 aromatic carbocycles. The molecule has 1 aromatic rings. The molecule has 0 aliphatic heterocycles. The highest BCUT2D eigenvalue weighted by atomic mass is 16.5. The van der Waals surface area contributed by atoms with Crippen LogP contribution in [0.5, 0.6) is 0 Å². The zero-order valence-electron chi connectivity index (χ0n) is 18.8. The van der Waals surface area contributed by atoms with Gasteiger partial charge >= 0.3 is 5.97 Å². The van der Waals surface area contributed by atoms with Crippen LogP contribution in [-0.4, -0.2) is 17.7 Å². The fourth-order valence-corrected chi connectivity index (χ4v) is 8.37. The third-order valence-electron chi connectivity index (χ3n) is 9.52. The Labute approximate surface area is 185 Å². The van der Waals surface area contributed by atoms with Crippen LogP contribution in [0.15, 0.2) is 42.0 Å². The second kappa shape index (κ2) is 6.94. The second-order valence-electron chi connectivity index (χ2n) is 10.8. The number of benzene rings is 1. The molecule has 0 saturated heterocycles. The molecule has 164 valence electrons. The Morgan fingerprint density at radius 1 is 1.26 bits per heavy atom. The Morgan fingerprint density at radius 2 is 2.00 bits per heavy atom. The smallest absolute Gasteiger partial charge is 0.318 e. The van der Waals surface area contributed by atoms with Crippen molar-refractivity contribution in [2.45, 2.75) is 53.1 Å². The van der Waals surface area contributed by atoms with Crippen molar-refractivity contribution in [2.75, 3.05) is 6.61 Å². The van der Waals surface area contributed by atoms with Crippen LogP contribution in [0.3, 0.4) is 0 Å². The summed E-state index contributed by atoms with van der Waals surface area (Å²) >= 11 is 0. The lowest BCUT2D eigenvalue weighted by molar-refractivity contribution is -0.184. The van der Waals surface area contributed by atoms with E-state index >= 15 is 0 Å². The number of ether oxygens (including phenoxy) is 1. The van der Waals surface area contributed by atoms with Gasteiger partial charge in [-0.25, -0.2) is 0 Å².